The summed E-state index contributed by atoms with van der Waals surface area (Å²) in [5.74, 6) is 1.35. The molecule has 4 nitrogen and oxygen atoms in total. The lowest BCUT2D eigenvalue weighted by molar-refractivity contribution is 0.210. The molecule has 3 rings (SSSR count). The fourth-order valence-electron chi connectivity index (χ4n) is 2.76. The number of halogens is 3. The van der Waals surface area contributed by atoms with Gasteiger partial charge in [0.1, 0.15) is 11.6 Å². The Labute approximate surface area is 183 Å². The second-order valence-electron chi connectivity index (χ2n) is 6.40. The van der Waals surface area contributed by atoms with E-state index in [4.69, 9.17) is 27.9 Å². The molecule has 0 radical (unpaired) electrons. The molecule has 0 fully saturated rings. The van der Waals surface area contributed by atoms with Gasteiger partial charge in [-0.05, 0) is 49.7 Å². The first-order valence-electron chi connectivity index (χ1n) is 8.93. The van der Waals surface area contributed by atoms with Crippen LogP contribution in [-0.4, -0.2) is 14.8 Å². The Morgan fingerprint density at radius 1 is 1.24 bits per heavy atom. The Balaban J connectivity index is 1.80. The van der Waals surface area contributed by atoms with Crippen molar-refractivity contribution in [2.45, 2.75) is 37.4 Å². The van der Waals surface area contributed by atoms with Gasteiger partial charge in [-0.2, -0.15) is 0 Å². The van der Waals surface area contributed by atoms with E-state index in [0.29, 0.717) is 44.6 Å². The van der Waals surface area contributed by atoms with Crippen LogP contribution in [0.1, 0.15) is 30.0 Å². The van der Waals surface area contributed by atoms with Gasteiger partial charge in [-0.3, -0.25) is 4.57 Å². The molecule has 0 spiro atoms. The third-order valence-corrected chi connectivity index (χ3v) is 6.04. The molecule has 2 aromatic carbocycles. The van der Waals surface area contributed by atoms with Crippen LogP contribution in [0, 0.1) is 12.7 Å². The van der Waals surface area contributed by atoms with E-state index in [1.54, 1.807) is 24.3 Å². The third kappa shape index (κ3) is 5.13. The normalized spacial score (nSPS) is 12.0. The van der Waals surface area contributed by atoms with Gasteiger partial charge in [0.15, 0.2) is 17.1 Å². The summed E-state index contributed by atoms with van der Waals surface area (Å²) in [6.07, 6.45) is 1.40. The molecule has 152 valence electrons. The number of aryl methyl sites for hydroxylation is 1. The number of ether oxygens (including phenoxy) is 1. The van der Waals surface area contributed by atoms with Crippen molar-refractivity contribution >= 4 is 35.0 Å². The van der Waals surface area contributed by atoms with Gasteiger partial charge in [-0.1, -0.05) is 47.1 Å². The number of rotatable bonds is 8. The Morgan fingerprint density at radius 3 is 2.72 bits per heavy atom. The van der Waals surface area contributed by atoms with E-state index in [0.717, 1.165) is 5.56 Å². The Hall–Kier alpha value is -2.02. The molecule has 0 amide bonds. The quantitative estimate of drug-likeness (QED) is 0.283. The minimum Gasteiger partial charge on any atom is -0.483 e. The second-order valence-corrected chi connectivity index (χ2v) is 8.16. The largest absolute Gasteiger partial charge is 0.483 e. The van der Waals surface area contributed by atoms with E-state index in [1.165, 1.54) is 17.8 Å². The first-order valence-corrected chi connectivity index (χ1v) is 10.7. The topological polar surface area (TPSA) is 39.9 Å². The van der Waals surface area contributed by atoms with E-state index >= 15 is 0 Å². The van der Waals surface area contributed by atoms with Crippen LogP contribution in [0.15, 0.2) is 54.2 Å². The van der Waals surface area contributed by atoms with Gasteiger partial charge in [0.05, 0.1) is 0 Å². The van der Waals surface area contributed by atoms with E-state index in [2.05, 4.69) is 16.8 Å². The molecule has 0 saturated carbocycles. The van der Waals surface area contributed by atoms with Crippen LogP contribution in [0.3, 0.4) is 0 Å². The van der Waals surface area contributed by atoms with Crippen molar-refractivity contribution in [1.29, 1.82) is 0 Å². The number of nitrogens with zero attached hydrogens (tertiary/aromatic N) is 3. The molecule has 8 heteroatoms. The van der Waals surface area contributed by atoms with Gasteiger partial charge in [0, 0.05) is 27.9 Å². The minimum absolute atomic E-state index is 0.338. The van der Waals surface area contributed by atoms with Crippen LogP contribution in [0.2, 0.25) is 10.0 Å². The minimum atomic E-state index is -0.352. The molecular formula is C21H20Cl2FN3OS. The standard InChI is InChI=1S/C21H20Cl2FN3OS/c1-4-10-27-20(14(3)28-15-8-9-17(22)13(2)11-15)25-26-21(27)29-12-16-18(23)6-5-7-19(16)24/h4-9,11,14H,1,10,12H2,2-3H3. The summed E-state index contributed by atoms with van der Waals surface area (Å²) >= 11 is 13.6. The van der Waals surface area contributed by atoms with E-state index in [1.807, 2.05) is 30.5 Å². The lowest BCUT2D eigenvalue weighted by Crippen LogP contribution is -2.12. The van der Waals surface area contributed by atoms with Gasteiger partial charge in [-0.25, -0.2) is 4.39 Å². The summed E-state index contributed by atoms with van der Waals surface area (Å²) in [5.41, 5.74) is 1.37. The van der Waals surface area contributed by atoms with Crippen molar-refractivity contribution < 1.29 is 9.13 Å². The SMILES string of the molecule is C=CCn1c(SCc2c(F)cccc2Cl)nnc1C(C)Oc1ccc(Cl)c(C)c1. The van der Waals surface area contributed by atoms with Gasteiger partial charge in [0.2, 0.25) is 0 Å². The Morgan fingerprint density at radius 2 is 2.03 bits per heavy atom. The van der Waals surface area contributed by atoms with Crippen molar-refractivity contribution in [2.24, 2.45) is 0 Å². The van der Waals surface area contributed by atoms with Crippen molar-refractivity contribution in [3.63, 3.8) is 0 Å². The molecule has 0 N–H and O–H groups in total. The zero-order valence-electron chi connectivity index (χ0n) is 16.0. The zero-order chi connectivity index (χ0) is 21.0. The van der Waals surface area contributed by atoms with E-state index in [9.17, 15) is 4.39 Å². The molecule has 1 atom stereocenters. The summed E-state index contributed by atoms with van der Waals surface area (Å²) in [5, 5.41) is 10.3. The van der Waals surface area contributed by atoms with Crippen molar-refractivity contribution in [1.82, 2.24) is 14.8 Å². The summed E-state index contributed by atoms with van der Waals surface area (Å²) in [4.78, 5) is 0. The second kappa shape index (κ2) is 9.65. The van der Waals surface area contributed by atoms with Crippen molar-refractivity contribution in [2.75, 3.05) is 0 Å². The molecule has 0 saturated heterocycles. The summed E-state index contributed by atoms with van der Waals surface area (Å²) in [7, 11) is 0. The smallest absolute Gasteiger partial charge is 0.191 e. The summed E-state index contributed by atoms with van der Waals surface area (Å²) < 4.78 is 22.0. The number of hydrogen-bond acceptors (Lipinski definition) is 4. The van der Waals surface area contributed by atoms with Gasteiger partial charge >= 0.3 is 0 Å². The Kier molecular flexibility index (Phi) is 7.22. The number of allylic oxidation sites excluding steroid dienone is 1. The van der Waals surface area contributed by atoms with Crippen LogP contribution in [-0.2, 0) is 12.3 Å². The van der Waals surface area contributed by atoms with Gasteiger partial charge in [-0.15, -0.1) is 16.8 Å². The van der Waals surface area contributed by atoms with Crippen molar-refractivity contribution in [3.05, 3.63) is 81.9 Å². The highest BCUT2D eigenvalue weighted by Gasteiger charge is 2.20. The number of aromatic nitrogens is 3. The van der Waals surface area contributed by atoms with Crippen LogP contribution in [0.4, 0.5) is 4.39 Å². The average molecular weight is 452 g/mol. The maximum Gasteiger partial charge on any atom is 0.191 e. The fourth-order valence-corrected chi connectivity index (χ4v) is 4.18. The fraction of sp³-hybridized carbons (Fsp3) is 0.238. The Bertz CT molecular complexity index is 1000. The molecule has 0 aliphatic carbocycles. The zero-order valence-corrected chi connectivity index (χ0v) is 18.4. The summed E-state index contributed by atoms with van der Waals surface area (Å²) in [6.45, 7) is 8.13. The van der Waals surface area contributed by atoms with Crippen LogP contribution >= 0.6 is 35.0 Å². The predicted molar refractivity (Wildman–Crippen MR) is 116 cm³/mol. The molecule has 1 heterocycles. The lowest BCUT2D eigenvalue weighted by Gasteiger charge is -2.16. The molecule has 3 aromatic rings. The average Bonchev–Trinajstić information content (AvgIpc) is 3.07. The predicted octanol–water partition coefficient (Wildman–Crippen LogP) is 6.65. The first kappa shape index (κ1) is 21.7. The molecule has 1 unspecified atom stereocenters. The molecule has 1 aromatic heterocycles. The molecular weight excluding hydrogens is 432 g/mol. The molecule has 0 aliphatic rings. The number of thioether (sulfide) groups is 1. The maximum atomic E-state index is 14.1. The molecule has 29 heavy (non-hydrogen) atoms. The highest BCUT2D eigenvalue weighted by molar-refractivity contribution is 7.98. The van der Waals surface area contributed by atoms with Gasteiger partial charge in [0.25, 0.3) is 0 Å². The van der Waals surface area contributed by atoms with Crippen LogP contribution in [0.5, 0.6) is 5.75 Å². The molecule has 0 bridgehead atoms. The summed E-state index contributed by atoms with van der Waals surface area (Å²) in [6, 6.07) is 10.1. The number of benzene rings is 2. The van der Waals surface area contributed by atoms with Crippen LogP contribution < -0.4 is 4.74 Å². The highest BCUT2D eigenvalue weighted by Crippen LogP contribution is 2.30. The molecule has 0 aliphatic heterocycles. The van der Waals surface area contributed by atoms with E-state index in [-0.39, 0.29) is 11.9 Å². The first-order chi connectivity index (χ1) is 13.9. The lowest BCUT2D eigenvalue weighted by atomic mass is 10.2. The monoisotopic (exact) mass is 451 g/mol. The number of hydrogen-bond donors (Lipinski definition) is 0. The highest BCUT2D eigenvalue weighted by atomic mass is 35.5. The third-order valence-electron chi connectivity index (χ3n) is 4.27. The maximum absolute atomic E-state index is 14.1. The van der Waals surface area contributed by atoms with Gasteiger partial charge < -0.3 is 4.74 Å². The van der Waals surface area contributed by atoms with E-state index < -0.39 is 0 Å². The van der Waals surface area contributed by atoms with Crippen LogP contribution in [0.25, 0.3) is 0 Å². The van der Waals surface area contributed by atoms with Crippen molar-refractivity contribution in [3.8, 4) is 5.75 Å².